The van der Waals surface area contributed by atoms with E-state index in [2.05, 4.69) is 22.8 Å². The summed E-state index contributed by atoms with van der Waals surface area (Å²) in [6, 6.07) is 10.4. The van der Waals surface area contributed by atoms with Crippen molar-refractivity contribution in [2.45, 2.75) is 32.1 Å². The molecule has 0 radical (unpaired) electrons. The second-order valence-corrected chi connectivity index (χ2v) is 6.11. The van der Waals surface area contributed by atoms with E-state index >= 15 is 0 Å². The molecule has 1 aromatic rings. The van der Waals surface area contributed by atoms with Gasteiger partial charge in [-0.1, -0.05) is 30.3 Å². The van der Waals surface area contributed by atoms with Crippen LogP contribution in [-0.4, -0.2) is 48.8 Å². The minimum absolute atomic E-state index is 0.0194. The zero-order valence-corrected chi connectivity index (χ0v) is 14.1. The minimum Gasteiger partial charge on any atom is -0.347 e. The highest BCUT2D eigenvalue weighted by atomic mass is 16.2. The summed E-state index contributed by atoms with van der Waals surface area (Å²) in [5.41, 5.74) is 1.33. The van der Waals surface area contributed by atoms with Crippen LogP contribution in [0.1, 0.15) is 37.7 Å². The van der Waals surface area contributed by atoms with Gasteiger partial charge in [-0.15, -0.1) is 0 Å². The molecule has 6 nitrogen and oxygen atoms in total. The van der Waals surface area contributed by atoms with Crippen molar-refractivity contribution in [1.29, 1.82) is 0 Å². The number of nitrogens with one attached hydrogen (secondary N) is 2. The second-order valence-electron chi connectivity index (χ2n) is 6.11. The fourth-order valence-corrected chi connectivity index (χ4v) is 2.96. The summed E-state index contributed by atoms with van der Waals surface area (Å²) in [4.78, 5) is 36.4. The quantitative estimate of drug-likeness (QED) is 0.846. The second kappa shape index (κ2) is 9.05. The molecule has 1 heterocycles. The number of hydrogen-bond donors (Lipinski definition) is 2. The lowest BCUT2D eigenvalue weighted by atomic mass is 9.92. The third-order valence-corrected chi connectivity index (χ3v) is 4.29. The maximum absolute atomic E-state index is 12.3. The van der Waals surface area contributed by atoms with Crippen molar-refractivity contribution in [1.82, 2.24) is 15.5 Å². The number of carbonyl (C=O) groups excluding carboxylic acids is 3. The Morgan fingerprint density at radius 2 is 1.79 bits per heavy atom. The molecule has 0 unspecified atom stereocenters. The number of likely N-dealkylation sites (tertiary alicyclic amines) is 1. The van der Waals surface area contributed by atoms with Gasteiger partial charge in [-0.2, -0.15) is 0 Å². The van der Waals surface area contributed by atoms with Gasteiger partial charge >= 0.3 is 0 Å². The molecule has 0 saturated carbocycles. The van der Waals surface area contributed by atoms with E-state index in [1.807, 2.05) is 23.1 Å². The van der Waals surface area contributed by atoms with Crippen LogP contribution in [-0.2, 0) is 14.4 Å². The normalized spacial score (nSPS) is 17.7. The first-order valence-electron chi connectivity index (χ1n) is 8.40. The molecule has 0 spiro atoms. The van der Waals surface area contributed by atoms with Crippen molar-refractivity contribution >= 4 is 17.7 Å². The van der Waals surface area contributed by atoms with Crippen LogP contribution in [0, 0.1) is 0 Å². The molecule has 0 aromatic heterocycles. The Balaban J connectivity index is 1.77. The van der Waals surface area contributed by atoms with E-state index in [-0.39, 0.29) is 30.8 Å². The van der Waals surface area contributed by atoms with Crippen molar-refractivity contribution in [3.63, 3.8) is 0 Å². The fraction of sp³-hybridized carbons (Fsp3) is 0.500. The Hall–Kier alpha value is -2.37. The minimum atomic E-state index is -0.351. The first-order valence-corrected chi connectivity index (χ1v) is 8.40. The molecule has 0 bridgehead atoms. The highest BCUT2D eigenvalue weighted by Crippen LogP contribution is 2.27. The summed E-state index contributed by atoms with van der Waals surface area (Å²) in [6.07, 6.45) is 2.98. The van der Waals surface area contributed by atoms with Gasteiger partial charge in [0.25, 0.3) is 0 Å². The van der Waals surface area contributed by atoms with Gasteiger partial charge in [0, 0.05) is 20.0 Å². The van der Waals surface area contributed by atoms with E-state index in [1.54, 1.807) is 0 Å². The highest BCUT2D eigenvalue weighted by molar-refractivity contribution is 5.87. The lowest BCUT2D eigenvalue weighted by Gasteiger charge is -2.21. The number of rotatable bonds is 5. The van der Waals surface area contributed by atoms with Crippen LogP contribution in [0.15, 0.2) is 30.3 Å². The summed E-state index contributed by atoms with van der Waals surface area (Å²) < 4.78 is 0. The van der Waals surface area contributed by atoms with Crippen molar-refractivity contribution in [2.75, 3.05) is 26.2 Å². The average Bonchev–Trinajstić information content (AvgIpc) is 2.84. The van der Waals surface area contributed by atoms with Crippen LogP contribution in [0.4, 0.5) is 0 Å². The summed E-state index contributed by atoms with van der Waals surface area (Å²) in [7, 11) is 0. The highest BCUT2D eigenvalue weighted by Gasteiger charge is 2.21. The number of nitrogens with zero attached hydrogens (tertiary/aromatic N) is 1. The summed E-state index contributed by atoms with van der Waals surface area (Å²) in [5, 5.41) is 4.96. The van der Waals surface area contributed by atoms with Gasteiger partial charge in [-0.25, -0.2) is 0 Å². The van der Waals surface area contributed by atoms with Crippen LogP contribution < -0.4 is 10.6 Å². The largest absolute Gasteiger partial charge is 0.347 e. The molecule has 1 fully saturated rings. The molecule has 2 rings (SSSR count). The molecule has 130 valence electrons. The first-order chi connectivity index (χ1) is 11.6. The molecule has 3 amide bonds. The van der Waals surface area contributed by atoms with E-state index in [0.717, 1.165) is 25.8 Å². The zero-order chi connectivity index (χ0) is 17.4. The third kappa shape index (κ3) is 5.68. The number of hydrogen-bond acceptors (Lipinski definition) is 3. The van der Waals surface area contributed by atoms with E-state index in [9.17, 15) is 14.4 Å². The molecule has 1 aliphatic heterocycles. The van der Waals surface area contributed by atoms with Crippen LogP contribution >= 0.6 is 0 Å². The Morgan fingerprint density at radius 1 is 1.04 bits per heavy atom. The van der Waals surface area contributed by atoms with Gasteiger partial charge in [-0.3, -0.25) is 14.4 Å². The number of carbonyl (C=O) groups is 3. The maximum Gasteiger partial charge on any atom is 0.241 e. The molecule has 1 atom stereocenters. The molecule has 1 saturated heterocycles. The molecule has 1 aliphatic rings. The standard InChI is InChI=1S/C18H25N3O3/c1-14(22)19-12-17(23)20-13-18(24)21-10-5-8-16(9-11-21)15-6-3-2-4-7-15/h2-4,6-7,16H,5,8-13H2,1H3,(H,19,22)(H,20,23)/t16-/m1/s1. The van der Waals surface area contributed by atoms with Crippen molar-refractivity contribution in [2.24, 2.45) is 0 Å². The molecule has 6 heteroatoms. The molecule has 2 N–H and O–H groups in total. The zero-order valence-electron chi connectivity index (χ0n) is 14.1. The van der Waals surface area contributed by atoms with Crippen molar-refractivity contribution in [3.05, 3.63) is 35.9 Å². The van der Waals surface area contributed by atoms with Gasteiger partial charge < -0.3 is 15.5 Å². The molecule has 1 aromatic carbocycles. The molecular formula is C18H25N3O3. The molecular weight excluding hydrogens is 306 g/mol. The number of amides is 3. The molecule has 24 heavy (non-hydrogen) atoms. The summed E-state index contributed by atoms with van der Waals surface area (Å²) in [6.45, 7) is 2.66. The van der Waals surface area contributed by atoms with E-state index in [4.69, 9.17) is 0 Å². The third-order valence-electron chi connectivity index (χ3n) is 4.29. The van der Waals surface area contributed by atoms with E-state index in [1.165, 1.54) is 12.5 Å². The Kier molecular flexibility index (Phi) is 6.78. The topological polar surface area (TPSA) is 78.5 Å². The SMILES string of the molecule is CC(=O)NCC(=O)NCC(=O)N1CCC[C@@H](c2ccccc2)CC1. The van der Waals surface area contributed by atoms with Gasteiger partial charge in [0.05, 0.1) is 13.1 Å². The Labute approximate surface area is 142 Å². The first kappa shape index (κ1) is 18.0. The Bertz CT molecular complexity index is 574. The predicted octanol–water partition coefficient (Wildman–Crippen LogP) is 1.04. The van der Waals surface area contributed by atoms with Crippen LogP contribution in [0.5, 0.6) is 0 Å². The summed E-state index contributed by atoms with van der Waals surface area (Å²) >= 11 is 0. The van der Waals surface area contributed by atoms with Gasteiger partial charge in [0.15, 0.2) is 0 Å². The van der Waals surface area contributed by atoms with Crippen molar-refractivity contribution in [3.8, 4) is 0 Å². The Morgan fingerprint density at radius 3 is 2.50 bits per heavy atom. The lowest BCUT2D eigenvalue weighted by molar-refractivity contribution is -0.132. The van der Waals surface area contributed by atoms with E-state index in [0.29, 0.717) is 12.5 Å². The predicted molar refractivity (Wildman–Crippen MR) is 91.3 cm³/mol. The smallest absolute Gasteiger partial charge is 0.241 e. The summed E-state index contributed by atoms with van der Waals surface area (Å²) in [5.74, 6) is -0.204. The lowest BCUT2D eigenvalue weighted by Crippen LogP contribution is -2.43. The van der Waals surface area contributed by atoms with Gasteiger partial charge in [0.2, 0.25) is 17.7 Å². The van der Waals surface area contributed by atoms with Crippen LogP contribution in [0.2, 0.25) is 0 Å². The monoisotopic (exact) mass is 331 g/mol. The van der Waals surface area contributed by atoms with E-state index < -0.39 is 0 Å². The van der Waals surface area contributed by atoms with Gasteiger partial charge in [-0.05, 0) is 30.7 Å². The van der Waals surface area contributed by atoms with Crippen LogP contribution in [0.25, 0.3) is 0 Å². The van der Waals surface area contributed by atoms with Crippen molar-refractivity contribution < 1.29 is 14.4 Å². The number of benzene rings is 1. The molecule has 0 aliphatic carbocycles. The maximum atomic E-state index is 12.3. The fourth-order valence-electron chi connectivity index (χ4n) is 2.96. The van der Waals surface area contributed by atoms with Crippen LogP contribution in [0.3, 0.4) is 0 Å². The average molecular weight is 331 g/mol. The van der Waals surface area contributed by atoms with Gasteiger partial charge in [0.1, 0.15) is 0 Å².